The van der Waals surface area contributed by atoms with E-state index in [1.54, 1.807) is 6.08 Å². The molecule has 0 aliphatic heterocycles. The molecule has 8 unspecified atom stereocenters. The third kappa shape index (κ3) is 2.66. The fourth-order valence-electron chi connectivity index (χ4n) is 6.83. The van der Waals surface area contributed by atoms with Gasteiger partial charge < -0.3 is 14.9 Å². The number of hydrogen-bond donors (Lipinski definition) is 2. The highest BCUT2D eigenvalue weighted by Gasteiger charge is 2.69. The number of Topliss-reactive ketones (excluding diaryl/α,β-unsaturated/α-hetero) is 1. The summed E-state index contributed by atoms with van der Waals surface area (Å²) < 4.78 is 5.79. The summed E-state index contributed by atoms with van der Waals surface area (Å²) in [5, 5.41) is 20.7. The Morgan fingerprint density at radius 2 is 1.96 bits per heavy atom. The van der Waals surface area contributed by atoms with Crippen LogP contribution < -0.4 is 0 Å². The molecule has 2 N–H and O–H groups in total. The lowest BCUT2D eigenvalue weighted by Crippen LogP contribution is -2.63. The molecule has 0 heterocycles. The van der Waals surface area contributed by atoms with E-state index in [2.05, 4.69) is 27.0 Å². The summed E-state index contributed by atoms with van der Waals surface area (Å²) in [7, 11) is 0. The van der Waals surface area contributed by atoms with Crippen LogP contribution >= 0.6 is 0 Å². The molecular formula is C23H34O5. The minimum absolute atomic E-state index is 0.0896. The first-order chi connectivity index (χ1) is 13.1. The second-order valence-corrected chi connectivity index (χ2v) is 9.56. The van der Waals surface area contributed by atoms with Crippen molar-refractivity contribution in [2.24, 2.45) is 34.0 Å². The molecule has 3 aliphatic rings. The Bertz CT molecular complexity index is 686. The summed E-state index contributed by atoms with van der Waals surface area (Å²) in [6, 6.07) is 0. The van der Waals surface area contributed by atoms with Crippen LogP contribution in [0.4, 0.5) is 0 Å². The quantitative estimate of drug-likeness (QED) is 0.569. The van der Waals surface area contributed by atoms with Crippen LogP contribution in [0, 0.1) is 34.0 Å². The Morgan fingerprint density at radius 3 is 2.54 bits per heavy atom. The van der Waals surface area contributed by atoms with Gasteiger partial charge >= 0.3 is 5.97 Å². The number of hydrogen-bond acceptors (Lipinski definition) is 5. The van der Waals surface area contributed by atoms with Gasteiger partial charge in [-0.05, 0) is 42.9 Å². The van der Waals surface area contributed by atoms with Crippen molar-refractivity contribution >= 4 is 11.8 Å². The van der Waals surface area contributed by atoms with E-state index < -0.39 is 35.6 Å². The van der Waals surface area contributed by atoms with Crippen molar-refractivity contribution in [3.8, 4) is 0 Å². The third-order valence-electron chi connectivity index (χ3n) is 8.59. The number of carbonyl (C=O) groups excluding carboxylic acids is 2. The predicted octanol–water partition coefficient (Wildman–Crippen LogP) is 3.05. The molecule has 156 valence electrons. The summed E-state index contributed by atoms with van der Waals surface area (Å²) in [4.78, 5) is 25.4. The van der Waals surface area contributed by atoms with E-state index in [9.17, 15) is 19.8 Å². The zero-order chi connectivity index (χ0) is 20.9. The summed E-state index contributed by atoms with van der Waals surface area (Å²) >= 11 is 0. The van der Waals surface area contributed by atoms with Crippen LogP contribution in [-0.4, -0.2) is 40.8 Å². The van der Waals surface area contributed by atoms with Gasteiger partial charge in [0.25, 0.3) is 0 Å². The van der Waals surface area contributed by atoms with E-state index in [4.69, 9.17) is 4.74 Å². The highest BCUT2D eigenvalue weighted by Crippen LogP contribution is 2.68. The van der Waals surface area contributed by atoms with Gasteiger partial charge in [0.15, 0.2) is 0 Å². The smallest absolute Gasteiger partial charge is 0.332 e. The first-order valence-corrected chi connectivity index (χ1v) is 10.4. The van der Waals surface area contributed by atoms with Crippen molar-refractivity contribution in [3.63, 3.8) is 0 Å². The van der Waals surface area contributed by atoms with E-state index in [1.807, 2.05) is 13.0 Å². The lowest BCUT2D eigenvalue weighted by Gasteiger charge is -2.62. The normalized spacial score (nSPS) is 48.2. The van der Waals surface area contributed by atoms with Crippen LogP contribution in [0.2, 0.25) is 0 Å². The monoisotopic (exact) mass is 390 g/mol. The Hall–Kier alpha value is -1.46. The molecule has 3 saturated carbocycles. The number of esters is 1. The summed E-state index contributed by atoms with van der Waals surface area (Å²) in [6.45, 7) is 13.5. The molecule has 0 spiro atoms. The molecular weight excluding hydrogens is 356 g/mol. The van der Waals surface area contributed by atoms with Gasteiger partial charge in [0.1, 0.15) is 18.5 Å². The van der Waals surface area contributed by atoms with Crippen LogP contribution in [0.1, 0.15) is 52.9 Å². The van der Waals surface area contributed by atoms with Crippen molar-refractivity contribution in [3.05, 3.63) is 25.3 Å². The van der Waals surface area contributed by atoms with Crippen LogP contribution in [-0.2, 0) is 14.3 Å². The van der Waals surface area contributed by atoms with Gasteiger partial charge in [0.05, 0.1) is 6.10 Å². The van der Waals surface area contributed by atoms with Gasteiger partial charge in [-0.15, -0.1) is 13.2 Å². The van der Waals surface area contributed by atoms with Crippen molar-refractivity contribution in [2.45, 2.75) is 65.1 Å². The molecule has 5 heteroatoms. The average molecular weight is 391 g/mol. The van der Waals surface area contributed by atoms with Crippen LogP contribution in [0.25, 0.3) is 0 Å². The number of carbonyl (C=O) groups is 2. The fraction of sp³-hybridized carbons (Fsp3) is 0.739. The first kappa shape index (κ1) is 21.3. The van der Waals surface area contributed by atoms with Gasteiger partial charge in [-0.2, -0.15) is 0 Å². The number of ketones is 1. The molecule has 28 heavy (non-hydrogen) atoms. The predicted molar refractivity (Wildman–Crippen MR) is 106 cm³/mol. The van der Waals surface area contributed by atoms with Gasteiger partial charge in [-0.1, -0.05) is 32.9 Å². The van der Waals surface area contributed by atoms with E-state index in [-0.39, 0.29) is 29.0 Å². The van der Waals surface area contributed by atoms with Gasteiger partial charge in [-0.25, -0.2) is 4.79 Å². The molecule has 3 rings (SSSR count). The molecule has 5 nitrogen and oxygen atoms in total. The van der Waals surface area contributed by atoms with Gasteiger partial charge in [0.2, 0.25) is 0 Å². The van der Waals surface area contributed by atoms with E-state index in [0.29, 0.717) is 12.8 Å². The van der Waals surface area contributed by atoms with Crippen LogP contribution in [0.5, 0.6) is 0 Å². The molecule has 0 saturated heterocycles. The van der Waals surface area contributed by atoms with Crippen molar-refractivity contribution in [1.82, 2.24) is 0 Å². The highest BCUT2D eigenvalue weighted by molar-refractivity contribution is 5.86. The average Bonchev–Trinajstić information content (AvgIpc) is 3.04. The van der Waals surface area contributed by atoms with Crippen molar-refractivity contribution in [2.75, 3.05) is 6.61 Å². The largest absolute Gasteiger partial charge is 0.460 e. The Balaban J connectivity index is 2.27. The third-order valence-corrected chi connectivity index (χ3v) is 8.59. The number of ether oxygens (including phenoxy) is 1. The van der Waals surface area contributed by atoms with Crippen LogP contribution in [0.3, 0.4) is 0 Å². The molecule has 3 fully saturated rings. The molecule has 0 aromatic heterocycles. The number of aliphatic hydroxyl groups excluding tert-OH is 2. The molecule has 0 aromatic rings. The Morgan fingerprint density at radius 1 is 1.29 bits per heavy atom. The summed E-state index contributed by atoms with van der Waals surface area (Å²) in [5.41, 5.74) is -1.74. The topological polar surface area (TPSA) is 83.8 Å². The lowest BCUT2D eigenvalue weighted by atomic mass is 9.43. The standard InChI is InChI=1S/C23H34O5/c1-6-21(5)12-17(28-18(26)13-24)23(7-2)14(3)8-10-22(15(4)20(21)27)11-9-16(25)19(22)23/h6-7,14-15,17,19-20,24,27H,1-2,8-13H2,3-5H3. The minimum Gasteiger partial charge on any atom is -0.460 e. The number of aliphatic hydroxyl groups is 2. The van der Waals surface area contributed by atoms with Crippen LogP contribution in [0.15, 0.2) is 25.3 Å². The summed E-state index contributed by atoms with van der Waals surface area (Å²) in [5.74, 6) is -0.865. The van der Waals surface area contributed by atoms with Crippen molar-refractivity contribution in [1.29, 1.82) is 0 Å². The fourth-order valence-corrected chi connectivity index (χ4v) is 6.83. The second-order valence-electron chi connectivity index (χ2n) is 9.56. The molecule has 2 bridgehead atoms. The zero-order valence-corrected chi connectivity index (χ0v) is 17.3. The highest BCUT2D eigenvalue weighted by atomic mass is 16.6. The minimum atomic E-state index is -0.717. The lowest BCUT2D eigenvalue weighted by molar-refractivity contribution is -0.200. The van der Waals surface area contributed by atoms with Gasteiger partial charge in [0, 0.05) is 23.2 Å². The molecule has 0 amide bonds. The maximum absolute atomic E-state index is 13.2. The Labute approximate surface area is 167 Å². The second kappa shape index (κ2) is 7.10. The Kier molecular flexibility index (Phi) is 5.39. The number of rotatable bonds is 4. The van der Waals surface area contributed by atoms with E-state index in [0.717, 1.165) is 19.3 Å². The summed E-state index contributed by atoms with van der Waals surface area (Å²) in [6.07, 6.45) is 5.53. The van der Waals surface area contributed by atoms with Gasteiger partial charge in [-0.3, -0.25) is 4.79 Å². The SMILES string of the molecule is C=CC1(C)CC(OC(=O)CO)C2(C=C)C(C)CCC3(CCC(=O)C32)C(C)C1O. The molecule has 0 radical (unpaired) electrons. The molecule has 0 aromatic carbocycles. The molecule has 3 aliphatic carbocycles. The maximum Gasteiger partial charge on any atom is 0.332 e. The van der Waals surface area contributed by atoms with E-state index in [1.165, 1.54) is 0 Å². The van der Waals surface area contributed by atoms with Crippen molar-refractivity contribution < 1.29 is 24.5 Å². The first-order valence-electron chi connectivity index (χ1n) is 10.4. The zero-order valence-electron chi connectivity index (χ0n) is 17.3. The maximum atomic E-state index is 13.2. The molecule has 8 atom stereocenters. The van der Waals surface area contributed by atoms with E-state index >= 15 is 0 Å².